The summed E-state index contributed by atoms with van der Waals surface area (Å²) in [6.45, 7) is 0.0331. The molecule has 1 N–H and O–H groups in total. The first kappa shape index (κ1) is 17.7. The number of non-ortho nitro benzene ring substituents is 1. The fourth-order valence-electron chi connectivity index (χ4n) is 1.84. The number of nitro groups is 1. The minimum Gasteiger partial charge on any atom is -0.258 e. The lowest BCUT2D eigenvalue weighted by Crippen LogP contribution is -2.24. The Bertz CT molecular complexity index is 823. The van der Waals surface area contributed by atoms with E-state index in [4.69, 9.17) is 23.2 Å². The maximum Gasteiger partial charge on any atom is 0.269 e. The van der Waals surface area contributed by atoms with Crippen molar-refractivity contribution in [3.8, 4) is 0 Å². The largest absolute Gasteiger partial charge is 0.269 e. The second kappa shape index (κ2) is 7.27. The molecule has 2 rings (SSSR count). The van der Waals surface area contributed by atoms with Crippen molar-refractivity contribution >= 4 is 38.9 Å². The van der Waals surface area contributed by atoms with Gasteiger partial charge >= 0.3 is 0 Å². The molecule has 0 aromatic heterocycles. The van der Waals surface area contributed by atoms with E-state index in [2.05, 4.69) is 4.72 Å². The molecule has 0 atom stereocenters. The van der Waals surface area contributed by atoms with Crippen LogP contribution in [0, 0.1) is 10.1 Å². The molecule has 0 saturated heterocycles. The number of halogens is 2. The van der Waals surface area contributed by atoms with Gasteiger partial charge in [0.2, 0.25) is 10.0 Å². The lowest BCUT2D eigenvalue weighted by Gasteiger charge is -2.08. The molecule has 2 aromatic carbocycles. The van der Waals surface area contributed by atoms with Gasteiger partial charge in [-0.2, -0.15) is 0 Å². The summed E-state index contributed by atoms with van der Waals surface area (Å²) in [5.74, 6) is -0.282. The van der Waals surface area contributed by atoms with Crippen LogP contribution in [-0.4, -0.2) is 13.3 Å². The van der Waals surface area contributed by atoms with Crippen molar-refractivity contribution in [2.24, 2.45) is 0 Å². The van der Waals surface area contributed by atoms with Crippen LogP contribution < -0.4 is 4.72 Å². The smallest absolute Gasteiger partial charge is 0.258 e. The molecular formula is C14H12Cl2N2O4S. The number of rotatable bonds is 6. The zero-order valence-corrected chi connectivity index (χ0v) is 14.0. The molecule has 0 unspecified atom stereocenters. The number of hydrogen-bond acceptors (Lipinski definition) is 4. The van der Waals surface area contributed by atoms with Gasteiger partial charge in [-0.05, 0) is 23.3 Å². The third-order valence-electron chi connectivity index (χ3n) is 3.00. The molecule has 0 spiro atoms. The number of nitrogens with one attached hydrogen (secondary N) is 1. The SMILES string of the molecule is O=[N+]([O-])c1ccc(CS(=O)(=O)NCc2ccc(Cl)cc2Cl)cc1. The van der Waals surface area contributed by atoms with Crippen LogP contribution in [-0.2, 0) is 22.3 Å². The first-order valence-corrected chi connectivity index (χ1v) is 8.82. The maximum absolute atomic E-state index is 12.1. The molecule has 0 saturated carbocycles. The summed E-state index contributed by atoms with van der Waals surface area (Å²) in [6, 6.07) is 10.1. The molecule has 0 aliphatic rings. The summed E-state index contributed by atoms with van der Waals surface area (Å²) in [4.78, 5) is 10.0. The van der Waals surface area contributed by atoms with Gasteiger partial charge in [-0.25, -0.2) is 13.1 Å². The average molecular weight is 375 g/mol. The summed E-state index contributed by atoms with van der Waals surface area (Å²) in [6.07, 6.45) is 0. The van der Waals surface area contributed by atoms with Gasteiger partial charge in [-0.1, -0.05) is 41.4 Å². The Morgan fingerprint density at radius 2 is 1.74 bits per heavy atom. The first-order chi connectivity index (χ1) is 10.8. The second-order valence-corrected chi connectivity index (χ2v) is 7.39. The number of sulfonamides is 1. The monoisotopic (exact) mass is 374 g/mol. The third-order valence-corrected chi connectivity index (χ3v) is 4.89. The highest BCUT2D eigenvalue weighted by atomic mass is 35.5. The molecule has 0 amide bonds. The fourth-order valence-corrected chi connectivity index (χ4v) is 3.42. The average Bonchev–Trinajstić information content (AvgIpc) is 2.46. The number of hydrogen-bond donors (Lipinski definition) is 1. The van der Waals surface area contributed by atoms with Gasteiger partial charge < -0.3 is 0 Å². The van der Waals surface area contributed by atoms with Crippen LogP contribution in [0.5, 0.6) is 0 Å². The molecule has 0 aliphatic heterocycles. The highest BCUT2D eigenvalue weighted by Crippen LogP contribution is 2.21. The van der Waals surface area contributed by atoms with Crippen molar-refractivity contribution in [2.45, 2.75) is 12.3 Å². The Hall–Kier alpha value is -1.67. The standard InChI is InChI=1S/C14H12Cl2N2O4S/c15-12-4-3-11(14(16)7-12)8-17-23(21,22)9-10-1-5-13(6-2-10)18(19)20/h1-7,17H,8-9H2. The summed E-state index contributed by atoms with van der Waals surface area (Å²) >= 11 is 11.8. The van der Waals surface area contributed by atoms with Crippen molar-refractivity contribution < 1.29 is 13.3 Å². The van der Waals surface area contributed by atoms with Crippen LogP contribution in [0.25, 0.3) is 0 Å². The second-order valence-electron chi connectivity index (χ2n) is 4.74. The van der Waals surface area contributed by atoms with E-state index in [0.717, 1.165) is 0 Å². The topological polar surface area (TPSA) is 89.3 Å². The molecule has 0 aliphatic carbocycles. The first-order valence-electron chi connectivity index (χ1n) is 6.41. The predicted molar refractivity (Wildman–Crippen MR) is 89.0 cm³/mol. The Labute approximate surface area is 143 Å². The van der Waals surface area contributed by atoms with Gasteiger partial charge in [0.15, 0.2) is 0 Å². The third kappa shape index (κ3) is 5.18. The van der Waals surface area contributed by atoms with Crippen LogP contribution in [0.3, 0.4) is 0 Å². The molecule has 23 heavy (non-hydrogen) atoms. The van der Waals surface area contributed by atoms with Gasteiger partial charge in [0.25, 0.3) is 5.69 Å². The van der Waals surface area contributed by atoms with E-state index < -0.39 is 14.9 Å². The molecule has 2 aromatic rings. The molecule has 0 radical (unpaired) electrons. The van der Waals surface area contributed by atoms with Crippen LogP contribution >= 0.6 is 23.2 Å². The van der Waals surface area contributed by atoms with Gasteiger partial charge in [-0.15, -0.1) is 0 Å². The Kier molecular flexibility index (Phi) is 5.59. The highest BCUT2D eigenvalue weighted by molar-refractivity contribution is 7.88. The fraction of sp³-hybridized carbons (Fsp3) is 0.143. The molecular weight excluding hydrogens is 363 g/mol. The van der Waals surface area contributed by atoms with Crippen LogP contribution in [0.15, 0.2) is 42.5 Å². The van der Waals surface area contributed by atoms with E-state index in [1.54, 1.807) is 12.1 Å². The van der Waals surface area contributed by atoms with Crippen molar-refractivity contribution in [3.05, 3.63) is 73.8 Å². The zero-order valence-electron chi connectivity index (χ0n) is 11.7. The van der Waals surface area contributed by atoms with Crippen molar-refractivity contribution in [2.75, 3.05) is 0 Å². The number of benzene rings is 2. The van der Waals surface area contributed by atoms with Crippen molar-refractivity contribution in [1.82, 2.24) is 4.72 Å². The number of nitro benzene ring substituents is 1. The highest BCUT2D eigenvalue weighted by Gasteiger charge is 2.13. The molecule has 122 valence electrons. The minimum atomic E-state index is -3.60. The van der Waals surface area contributed by atoms with Crippen LogP contribution in [0.4, 0.5) is 5.69 Å². The summed E-state index contributed by atoms with van der Waals surface area (Å²) in [5.41, 5.74) is 0.959. The van der Waals surface area contributed by atoms with E-state index in [1.165, 1.54) is 30.3 Å². The maximum atomic E-state index is 12.1. The molecule has 0 heterocycles. The van der Waals surface area contributed by atoms with Crippen molar-refractivity contribution in [3.63, 3.8) is 0 Å². The minimum absolute atomic E-state index is 0.0331. The lowest BCUT2D eigenvalue weighted by molar-refractivity contribution is -0.384. The van der Waals surface area contributed by atoms with Gasteiger partial charge in [0, 0.05) is 28.7 Å². The van der Waals surface area contributed by atoms with Gasteiger partial charge in [0.1, 0.15) is 0 Å². The normalized spacial score (nSPS) is 11.4. The summed E-state index contributed by atoms with van der Waals surface area (Å²) in [5, 5.41) is 11.4. The lowest BCUT2D eigenvalue weighted by atomic mass is 10.2. The van der Waals surface area contributed by atoms with Crippen LogP contribution in [0.2, 0.25) is 10.0 Å². The quantitative estimate of drug-likeness (QED) is 0.618. The Morgan fingerprint density at radius 1 is 1.09 bits per heavy atom. The van der Waals surface area contributed by atoms with Crippen LogP contribution in [0.1, 0.15) is 11.1 Å². The Morgan fingerprint density at radius 3 is 2.30 bits per heavy atom. The van der Waals surface area contributed by atoms with E-state index in [9.17, 15) is 18.5 Å². The molecule has 9 heteroatoms. The van der Waals surface area contributed by atoms with Crippen molar-refractivity contribution in [1.29, 1.82) is 0 Å². The molecule has 6 nitrogen and oxygen atoms in total. The summed E-state index contributed by atoms with van der Waals surface area (Å²) in [7, 11) is -3.60. The molecule has 0 fully saturated rings. The van der Waals surface area contributed by atoms with Gasteiger partial charge in [0.05, 0.1) is 10.7 Å². The Balaban J connectivity index is 2.02. The van der Waals surface area contributed by atoms with E-state index in [-0.39, 0.29) is 18.0 Å². The van der Waals surface area contributed by atoms with E-state index >= 15 is 0 Å². The molecule has 0 bridgehead atoms. The zero-order chi connectivity index (χ0) is 17.0. The van der Waals surface area contributed by atoms with Gasteiger partial charge in [-0.3, -0.25) is 10.1 Å². The summed E-state index contributed by atoms with van der Waals surface area (Å²) < 4.78 is 26.5. The predicted octanol–water partition coefficient (Wildman–Crippen LogP) is 3.52. The van der Waals surface area contributed by atoms with E-state index in [0.29, 0.717) is 21.2 Å². The van der Waals surface area contributed by atoms with E-state index in [1.807, 2.05) is 0 Å². The number of nitrogens with zero attached hydrogens (tertiary/aromatic N) is 1.